The van der Waals surface area contributed by atoms with E-state index in [4.69, 9.17) is 0 Å². The van der Waals surface area contributed by atoms with Gasteiger partial charge in [0.25, 0.3) is 0 Å². The summed E-state index contributed by atoms with van der Waals surface area (Å²) < 4.78 is 0. The Morgan fingerprint density at radius 3 is 2.11 bits per heavy atom. The van der Waals surface area contributed by atoms with Crippen molar-refractivity contribution in [3.8, 4) is 0 Å². The first kappa shape index (κ1) is 12.2. The third kappa shape index (κ3) is 3.63. The Hall–Kier alpha value is -2.28. The topological polar surface area (TPSA) is 12.0 Å². The SMILES string of the molecule is C/C=C\C(=Cc1ccccc1)Nc1ccccc1. The number of rotatable bonds is 4. The molecule has 90 valence electrons. The molecular weight excluding hydrogens is 218 g/mol. The highest BCUT2D eigenvalue weighted by atomic mass is 14.9. The molecule has 18 heavy (non-hydrogen) atoms. The van der Waals surface area contributed by atoms with Gasteiger partial charge in [0, 0.05) is 11.4 Å². The molecule has 0 atom stereocenters. The lowest BCUT2D eigenvalue weighted by atomic mass is 10.2. The molecule has 2 aromatic rings. The van der Waals surface area contributed by atoms with Gasteiger partial charge in [-0.1, -0.05) is 54.6 Å². The fraction of sp³-hybridized carbons (Fsp3) is 0.0588. The molecule has 0 fully saturated rings. The fourth-order valence-corrected chi connectivity index (χ4v) is 1.72. The summed E-state index contributed by atoms with van der Waals surface area (Å²) in [6.45, 7) is 2.02. The summed E-state index contributed by atoms with van der Waals surface area (Å²) in [7, 11) is 0. The van der Waals surface area contributed by atoms with Gasteiger partial charge >= 0.3 is 0 Å². The van der Waals surface area contributed by atoms with Gasteiger partial charge in [0.05, 0.1) is 0 Å². The first-order valence-corrected chi connectivity index (χ1v) is 6.10. The lowest BCUT2D eigenvalue weighted by Gasteiger charge is -2.07. The van der Waals surface area contributed by atoms with Crippen molar-refractivity contribution in [1.29, 1.82) is 0 Å². The van der Waals surface area contributed by atoms with Crippen molar-refractivity contribution >= 4 is 11.8 Å². The highest BCUT2D eigenvalue weighted by Gasteiger charge is 1.94. The zero-order chi connectivity index (χ0) is 12.6. The molecule has 0 radical (unpaired) electrons. The smallest absolute Gasteiger partial charge is 0.0386 e. The van der Waals surface area contributed by atoms with E-state index in [-0.39, 0.29) is 0 Å². The monoisotopic (exact) mass is 235 g/mol. The van der Waals surface area contributed by atoms with Gasteiger partial charge in [0.1, 0.15) is 0 Å². The van der Waals surface area contributed by atoms with Crippen molar-refractivity contribution in [2.75, 3.05) is 5.32 Å². The van der Waals surface area contributed by atoms with Crippen LogP contribution in [0, 0.1) is 0 Å². The van der Waals surface area contributed by atoms with Crippen molar-refractivity contribution in [1.82, 2.24) is 0 Å². The fourth-order valence-electron chi connectivity index (χ4n) is 1.72. The van der Waals surface area contributed by atoms with Gasteiger partial charge in [-0.05, 0) is 36.8 Å². The second kappa shape index (κ2) is 6.45. The van der Waals surface area contributed by atoms with Crippen LogP contribution in [0.25, 0.3) is 6.08 Å². The number of anilines is 1. The molecule has 1 heteroatoms. The molecule has 0 heterocycles. The van der Waals surface area contributed by atoms with Crippen molar-refractivity contribution in [2.45, 2.75) is 6.92 Å². The molecule has 0 aliphatic carbocycles. The van der Waals surface area contributed by atoms with Crippen LogP contribution >= 0.6 is 0 Å². The first-order chi connectivity index (χ1) is 8.88. The van der Waals surface area contributed by atoms with Crippen LogP contribution in [-0.2, 0) is 0 Å². The lowest BCUT2D eigenvalue weighted by molar-refractivity contribution is 1.48. The van der Waals surface area contributed by atoms with Crippen molar-refractivity contribution < 1.29 is 0 Å². The Morgan fingerprint density at radius 2 is 1.50 bits per heavy atom. The Kier molecular flexibility index (Phi) is 4.37. The summed E-state index contributed by atoms with van der Waals surface area (Å²) in [4.78, 5) is 0. The van der Waals surface area contributed by atoms with Crippen LogP contribution in [0.5, 0.6) is 0 Å². The maximum atomic E-state index is 3.40. The summed E-state index contributed by atoms with van der Waals surface area (Å²) in [6.07, 6.45) is 6.23. The Labute approximate surface area is 108 Å². The number of allylic oxidation sites excluding steroid dienone is 2. The molecule has 0 saturated carbocycles. The summed E-state index contributed by atoms with van der Waals surface area (Å²) in [5.41, 5.74) is 3.36. The number of para-hydroxylation sites is 1. The zero-order valence-electron chi connectivity index (χ0n) is 10.5. The van der Waals surface area contributed by atoms with E-state index >= 15 is 0 Å². The molecule has 2 rings (SSSR count). The van der Waals surface area contributed by atoms with Gasteiger partial charge in [0.2, 0.25) is 0 Å². The van der Waals surface area contributed by atoms with Crippen LogP contribution in [0.3, 0.4) is 0 Å². The minimum Gasteiger partial charge on any atom is -0.356 e. The molecule has 0 saturated heterocycles. The minimum atomic E-state index is 1.08. The highest BCUT2D eigenvalue weighted by molar-refractivity contribution is 5.62. The predicted octanol–water partition coefficient (Wildman–Crippen LogP) is 4.72. The van der Waals surface area contributed by atoms with Crippen LogP contribution in [0.2, 0.25) is 0 Å². The van der Waals surface area contributed by atoms with Gasteiger partial charge in [-0.15, -0.1) is 0 Å². The first-order valence-electron chi connectivity index (χ1n) is 6.10. The maximum Gasteiger partial charge on any atom is 0.0386 e. The molecule has 0 aliphatic rings. The molecule has 1 nitrogen and oxygen atoms in total. The van der Waals surface area contributed by atoms with Crippen LogP contribution in [-0.4, -0.2) is 0 Å². The highest BCUT2D eigenvalue weighted by Crippen LogP contribution is 2.13. The predicted molar refractivity (Wildman–Crippen MR) is 79.3 cm³/mol. The second-order valence-corrected chi connectivity index (χ2v) is 4.00. The van der Waals surface area contributed by atoms with E-state index in [9.17, 15) is 0 Å². The Morgan fingerprint density at radius 1 is 0.889 bits per heavy atom. The normalized spacial score (nSPS) is 11.7. The summed E-state index contributed by atoms with van der Waals surface area (Å²) in [6, 6.07) is 20.5. The molecule has 0 spiro atoms. The molecule has 0 unspecified atom stereocenters. The number of nitrogens with one attached hydrogen (secondary N) is 1. The number of hydrogen-bond acceptors (Lipinski definition) is 1. The van der Waals surface area contributed by atoms with Crippen molar-refractivity contribution in [2.24, 2.45) is 0 Å². The molecule has 1 N–H and O–H groups in total. The summed E-state index contributed by atoms with van der Waals surface area (Å²) in [5, 5.41) is 3.40. The van der Waals surface area contributed by atoms with E-state index in [1.807, 2.05) is 49.4 Å². The summed E-state index contributed by atoms with van der Waals surface area (Å²) >= 11 is 0. The molecular formula is C17H17N. The third-order valence-corrected chi connectivity index (χ3v) is 2.53. The van der Waals surface area contributed by atoms with Crippen molar-refractivity contribution in [3.63, 3.8) is 0 Å². The van der Waals surface area contributed by atoms with Gasteiger partial charge in [-0.3, -0.25) is 0 Å². The second-order valence-electron chi connectivity index (χ2n) is 4.00. The van der Waals surface area contributed by atoms with Crippen LogP contribution in [0.1, 0.15) is 12.5 Å². The molecule has 2 aromatic carbocycles. The number of hydrogen-bond donors (Lipinski definition) is 1. The van der Waals surface area contributed by atoms with Gasteiger partial charge in [0.15, 0.2) is 0 Å². The molecule has 0 amide bonds. The van der Waals surface area contributed by atoms with E-state index < -0.39 is 0 Å². The van der Waals surface area contributed by atoms with Crippen LogP contribution in [0.4, 0.5) is 5.69 Å². The van der Waals surface area contributed by atoms with E-state index in [1.165, 1.54) is 5.56 Å². The van der Waals surface area contributed by atoms with Crippen molar-refractivity contribution in [3.05, 3.63) is 84.1 Å². The molecule has 0 bridgehead atoms. The van der Waals surface area contributed by atoms with E-state index in [2.05, 4.69) is 41.7 Å². The molecule has 0 aromatic heterocycles. The van der Waals surface area contributed by atoms with Gasteiger partial charge in [-0.25, -0.2) is 0 Å². The lowest BCUT2D eigenvalue weighted by Crippen LogP contribution is -1.96. The van der Waals surface area contributed by atoms with Gasteiger partial charge < -0.3 is 5.32 Å². The Bertz CT molecular complexity index is 524. The van der Waals surface area contributed by atoms with E-state index in [0.717, 1.165) is 11.4 Å². The van der Waals surface area contributed by atoms with Gasteiger partial charge in [-0.2, -0.15) is 0 Å². The van der Waals surface area contributed by atoms with Crippen LogP contribution < -0.4 is 5.32 Å². The number of benzene rings is 2. The third-order valence-electron chi connectivity index (χ3n) is 2.53. The van der Waals surface area contributed by atoms with E-state index in [0.29, 0.717) is 0 Å². The Balaban J connectivity index is 2.21. The average Bonchev–Trinajstić information content (AvgIpc) is 2.41. The standard InChI is InChI=1S/C17H17N/c1-2-9-17(14-15-10-5-3-6-11-15)18-16-12-7-4-8-13-16/h2-14,18H,1H3/b9-2-,17-14?. The largest absolute Gasteiger partial charge is 0.356 e. The van der Waals surface area contributed by atoms with E-state index in [1.54, 1.807) is 0 Å². The average molecular weight is 235 g/mol. The zero-order valence-corrected chi connectivity index (χ0v) is 10.5. The molecule has 0 aliphatic heterocycles. The minimum absolute atomic E-state index is 1.08. The van der Waals surface area contributed by atoms with Crippen LogP contribution in [0.15, 0.2) is 78.5 Å². The maximum absolute atomic E-state index is 3.40. The summed E-state index contributed by atoms with van der Waals surface area (Å²) in [5.74, 6) is 0. The quantitative estimate of drug-likeness (QED) is 0.756.